The SMILES string of the molecule is O=C(COc1cc(Cl)cc(Cl)c1)c1ccc(I)cc1. The van der Waals surface area contributed by atoms with Crippen LogP contribution in [0.15, 0.2) is 42.5 Å². The van der Waals surface area contributed by atoms with Crippen LogP contribution in [-0.4, -0.2) is 12.4 Å². The van der Waals surface area contributed by atoms with E-state index >= 15 is 0 Å². The second-order valence-corrected chi connectivity index (χ2v) is 5.94. The zero-order chi connectivity index (χ0) is 13.8. The van der Waals surface area contributed by atoms with Crippen molar-refractivity contribution in [3.05, 3.63) is 61.6 Å². The summed E-state index contributed by atoms with van der Waals surface area (Å²) in [5, 5.41) is 0.952. The number of hydrogen-bond acceptors (Lipinski definition) is 2. The van der Waals surface area contributed by atoms with E-state index in [4.69, 9.17) is 27.9 Å². The van der Waals surface area contributed by atoms with Gasteiger partial charge in [-0.05, 0) is 52.9 Å². The number of carbonyl (C=O) groups is 1. The Hall–Kier alpha value is -0.780. The van der Waals surface area contributed by atoms with Crippen LogP contribution in [0, 0.1) is 3.57 Å². The van der Waals surface area contributed by atoms with E-state index in [-0.39, 0.29) is 12.4 Å². The van der Waals surface area contributed by atoms with Crippen molar-refractivity contribution in [2.75, 3.05) is 6.61 Å². The Kier molecular flexibility index (Phi) is 5.07. The number of ketones is 1. The maximum Gasteiger partial charge on any atom is 0.200 e. The minimum Gasteiger partial charge on any atom is -0.485 e. The van der Waals surface area contributed by atoms with E-state index in [0.717, 1.165) is 3.57 Å². The largest absolute Gasteiger partial charge is 0.485 e. The number of ether oxygens (including phenoxy) is 1. The van der Waals surface area contributed by atoms with Crippen LogP contribution in [-0.2, 0) is 0 Å². The number of Topliss-reactive ketones (excluding diaryl/α,β-unsaturated/α-hetero) is 1. The summed E-state index contributed by atoms with van der Waals surface area (Å²) in [5.41, 5.74) is 0.619. The number of benzene rings is 2. The molecule has 0 radical (unpaired) electrons. The predicted octanol–water partition coefficient (Wildman–Crippen LogP) is 4.86. The lowest BCUT2D eigenvalue weighted by Crippen LogP contribution is -2.11. The van der Waals surface area contributed by atoms with Crippen LogP contribution in [0.25, 0.3) is 0 Å². The lowest BCUT2D eigenvalue weighted by atomic mass is 10.1. The minimum absolute atomic E-state index is 0.0444. The molecule has 0 heterocycles. The lowest BCUT2D eigenvalue weighted by molar-refractivity contribution is 0.0921. The van der Waals surface area contributed by atoms with E-state index in [0.29, 0.717) is 21.4 Å². The van der Waals surface area contributed by atoms with Crippen molar-refractivity contribution < 1.29 is 9.53 Å². The summed E-state index contributed by atoms with van der Waals surface area (Å²) in [6, 6.07) is 12.2. The Morgan fingerprint density at radius 2 is 1.63 bits per heavy atom. The Morgan fingerprint density at radius 1 is 1.05 bits per heavy atom. The molecule has 2 aromatic carbocycles. The van der Waals surface area contributed by atoms with E-state index in [1.807, 2.05) is 12.1 Å². The molecule has 0 aromatic heterocycles. The van der Waals surface area contributed by atoms with Crippen molar-refractivity contribution >= 4 is 51.6 Å². The standard InChI is InChI=1S/C14H9Cl2IO2/c15-10-5-11(16)7-13(6-10)19-8-14(18)9-1-3-12(17)4-2-9/h1-7H,8H2. The normalized spacial score (nSPS) is 10.3. The zero-order valence-corrected chi connectivity index (χ0v) is 13.4. The van der Waals surface area contributed by atoms with Crippen LogP contribution < -0.4 is 4.74 Å². The van der Waals surface area contributed by atoms with Gasteiger partial charge in [-0.1, -0.05) is 35.3 Å². The van der Waals surface area contributed by atoms with Crippen LogP contribution in [0.5, 0.6) is 5.75 Å². The van der Waals surface area contributed by atoms with Gasteiger partial charge in [0.15, 0.2) is 12.4 Å². The molecule has 0 bridgehead atoms. The smallest absolute Gasteiger partial charge is 0.200 e. The topological polar surface area (TPSA) is 26.3 Å². The zero-order valence-electron chi connectivity index (χ0n) is 9.70. The Balaban J connectivity index is 2.02. The number of halogens is 3. The van der Waals surface area contributed by atoms with E-state index in [1.165, 1.54) is 0 Å². The number of carbonyl (C=O) groups excluding carboxylic acids is 1. The monoisotopic (exact) mass is 406 g/mol. The van der Waals surface area contributed by atoms with Crippen LogP contribution in [0.4, 0.5) is 0 Å². The minimum atomic E-state index is -0.0903. The number of hydrogen-bond donors (Lipinski definition) is 0. The highest BCUT2D eigenvalue weighted by molar-refractivity contribution is 14.1. The van der Waals surface area contributed by atoms with Crippen molar-refractivity contribution in [1.29, 1.82) is 0 Å². The van der Waals surface area contributed by atoms with Crippen molar-refractivity contribution in [2.45, 2.75) is 0 Å². The van der Waals surface area contributed by atoms with Crippen LogP contribution in [0.2, 0.25) is 10.0 Å². The van der Waals surface area contributed by atoms with E-state index < -0.39 is 0 Å². The molecule has 0 aliphatic carbocycles. The lowest BCUT2D eigenvalue weighted by Gasteiger charge is -2.06. The Labute approximate surface area is 134 Å². The fraction of sp³-hybridized carbons (Fsp3) is 0.0714. The second kappa shape index (κ2) is 6.59. The molecule has 98 valence electrons. The Bertz CT molecular complexity index is 577. The summed E-state index contributed by atoms with van der Waals surface area (Å²) < 4.78 is 6.47. The van der Waals surface area contributed by atoms with Gasteiger partial charge in [0, 0.05) is 19.2 Å². The summed E-state index contributed by atoms with van der Waals surface area (Å²) >= 11 is 13.9. The van der Waals surface area contributed by atoms with E-state index in [9.17, 15) is 4.79 Å². The average molecular weight is 407 g/mol. The molecule has 2 nitrogen and oxygen atoms in total. The van der Waals surface area contributed by atoms with Crippen molar-refractivity contribution in [3.8, 4) is 5.75 Å². The first-order valence-corrected chi connectivity index (χ1v) is 7.26. The molecular weight excluding hydrogens is 398 g/mol. The first-order chi connectivity index (χ1) is 9.04. The first-order valence-electron chi connectivity index (χ1n) is 5.42. The van der Waals surface area contributed by atoms with Crippen LogP contribution in [0.1, 0.15) is 10.4 Å². The maximum atomic E-state index is 11.9. The van der Waals surface area contributed by atoms with Crippen molar-refractivity contribution in [3.63, 3.8) is 0 Å². The molecule has 0 amide bonds. The molecule has 0 saturated heterocycles. The molecular formula is C14H9Cl2IO2. The molecule has 2 rings (SSSR count). The molecule has 0 fully saturated rings. The van der Waals surface area contributed by atoms with E-state index in [2.05, 4.69) is 22.6 Å². The molecule has 19 heavy (non-hydrogen) atoms. The number of rotatable bonds is 4. The summed E-state index contributed by atoms with van der Waals surface area (Å²) in [6.45, 7) is -0.0444. The highest BCUT2D eigenvalue weighted by atomic mass is 127. The van der Waals surface area contributed by atoms with Gasteiger partial charge in [-0.3, -0.25) is 4.79 Å². The maximum absolute atomic E-state index is 11.9. The van der Waals surface area contributed by atoms with Crippen molar-refractivity contribution in [1.82, 2.24) is 0 Å². The van der Waals surface area contributed by atoms with Gasteiger partial charge in [0.05, 0.1) is 0 Å². The fourth-order valence-electron chi connectivity index (χ4n) is 1.48. The molecule has 5 heteroatoms. The fourth-order valence-corrected chi connectivity index (χ4v) is 2.35. The second-order valence-electron chi connectivity index (χ2n) is 3.82. The van der Waals surface area contributed by atoms with Gasteiger partial charge in [-0.2, -0.15) is 0 Å². The molecule has 0 aliphatic heterocycles. The van der Waals surface area contributed by atoms with Gasteiger partial charge in [0.25, 0.3) is 0 Å². The highest BCUT2D eigenvalue weighted by Gasteiger charge is 2.07. The highest BCUT2D eigenvalue weighted by Crippen LogP contribution is 2.24. The summed E-state index contributed by atoms with van der Waals surface area (Å²) in [7, 11) is 0. The van der Waals surface area contributed by atoms with Gasteiger partial charge < -0.3 is 4.74 Å². The summed E-state index contributed by atoms with van der Waals surface area (Å²) in [5.74, 6) is 0.392. The quantitative estimate of drug-likeness (QED) is 0.535. The molecule has 0 atom stereocenters. The third kappa shape index (κ3) is 4.37. The van der Waals surface area contributed by atoms with Gasteiger partial charge in [0.2, 0.25) is 0 Å². The molecule has 0 aliphatic rings. The van der Waals surface area contributed by atoms with E-state index in [1.54, 1.807) is 30.3 Å². The van der Waals surface area contributed by atoms with Crippen LogP contribution >= 0.6 is 45.8 Å². The third-order valence-electron chi connectivity index (χ3n) is 2.37. The van der Waals surface area contributed by atoms with Gasteiger partial charge in [-0.15, -0.1) is 0 Å². The third-order valence-corrected chi connectivity index (χ3v) is 3.53. The molecule has 0 saturated carbocycles. The first kappa shape index (κ1) is 14.6. The molecule has 0 spiro atoms. The molecule has 0 N–H and O–H groups in total. The van der Waals surface area contributed by atoms with Gasteiger partial charge in [-0.25, -0.2) is 0 Å². The average Bonchev–Trinajstić information content (AvgIpc) is 2.36. The van der Waals surface area contributed by atoms with Crippen molar-refractivity contribution in [2.24, 2.45) is 0 Å². The van der Waals surface area contributed by atoms with Gasteiger partial charge >= 0.3 is 0 Å². The predicted molar refractivity (Wildman–Crippen MR) is 85.4 cm³/mol. The molecule has 0 unspecified atom stereocenters. The summed E-state index contributed by atoms with van der Waals surface area (Å²) in [6.07, 6.45) is 0. The van der Waals surface area contributed by atoms with Crippen LogP contribution in [0.3, 0.4) is 0 Å². The molecule has 2 aromatic rings. The Morgan fingerprint density at radius 3 is 2.21 bits per heavy atom. The summed E-state index contributed by atoms with van der Waals surface area (Å²) in [4.78, 5) is 11.9. The van der Waals surface area contributed by atoms with Gasteiger partial charge in [0.1, 0.15) is 5.75 Å².